The fourth-order valence-electron chi connectivity index (χ4n) is 0.789. The van der Waals surface area contributed by atoms with E-state index in [0.717, 1.165) is 0 Å². The first kappa shape index (κ1) is 19.1. The predicted octanol–water partition coefficient (Wildman–Crippen LogP) is -0.822. The molecule has 16 heavy (non-hydrogen) atoms. The fraction of sp³-hybridized carbons (Fsp3) is 1.00. The minimum absolute atomic E-state index is 0. The summed E-state index contributed by atoms with van der Waals surface area (Å²) in [6, 6.07) is 0. The zero-order valence-corrected chi connectivity index (χ0v) is 12.6. The van der Waals surface area contributed by atoms with Crippen LogP contribution in [-0.4, -0.2) is 80.2 Å². The van der Waals surface area contributed by atoms with E-state index in [2.05, 4.69) is 0 Å². The third-order valence-corrected chi connectivity index (χ3v) is 2.99. The Morgan fingerprint density at radius 2 is 1.12 bits per heavy atom. The van der Waals surface area contributed by atoms with Crippen LogP contribution in [0.4, 0.5) is 0 Å². The van der Waals surface area contributed by atoms with E-state index in [-0.39, 0.29) is 67.1 Å². The van der Waals surface area contributed by atoms with Crippen LogP contribution in [0.25, 0.3) is 0 Å². The molecule has 0 aromatic rings. The van der Waals surface area contributed by atoms with Gasteiger partial charge in [-0.1, -0.05) is 0 Å². The van der Waals surface area contributed by atoms with Crippen LogP contribution in [0.3, 0.4) is 0 Å². The maximum atomic E-state index is 10.2. The zero-order valence-electron chi connectivity index (χ0n) is 8.99. The van der Waals surface area contributed by atoms with Gasteiger partial charge in [0, 0.05) is 42.8 Å². The van der Waals surface area contributed by atoms with Crippen molar-refractivity contribution in [1.29, 1.82) is 0 Å². The second-order valence-electron chi connectivity index (χ2n) is 2.89. The van der Waals surface area contributed by atoms with Crippen molar-refractivity contribution in [2.24, 2.45) is 0 Å². The molecule has 0 aliphatic carbocycles. The van der Waals surface area contributed by atoms with Gasteiger partial charge in [-0.3, -0.25) is 9.11 Å². The number of ether oxygens (including phenoxy) is 1. The van der Waals surface area contributed by atoms with E-state index >= 15 is 0 Å². The maximum absolute atomic E-state index is 10.2. The summed E-state index contributed by atoms with van der Waals surface area (Å²) in [5.74, 6) is -0.767. The van der Waals surface area contributed by atoms with Gasteiger partial charge in [-0.05, 0) is 12.8 Å². The monoisotopic (exact) mass is 285 g/mol. The minimum Gasteiger partial charge on any atom is -0.381 e. The van der Waals surface area contributed by atoms with Crippen LogP contribution in [0.15, 0.2) is 0 Å². The average Bonchev–Trinajstić information content (AvgIpc) is 1.98. The molecule has 0 atom stereocenters. The van der Waals surface area contributed by atoms with E-state index in [9.17, 15) is 16.8 Å². The molecule has 0 heterocycles. The largest absolute Gasteiger partial charge is 0.381 e. The van der Waals surface area contributed by atoms with Crippen LogP contribution in [0.5, 0.6) is 0 Å². The van der Waals surface area contributed by atoms with Crippen molar-refractivity contribution >= 4 is 49.8 Å². The second kappa shape index (κ2) is 8.81. The molecule has 1 radical (unpaired) electrons. The standard InChI is InChI=1S/C6H14O7S2.Na/c7-14(8,9)5-1-3-13-4-2-6-15(10,11)12;/h1-6H2,(H,7,8,9)(H,10,11,12);. The van der Waals surface area contributed by atoms with E-state index in [1.807, 2.05) is 0 Å². The molecule has 0 aromatic carbocycles. The van der Waals surface area contributed by atoms with Crippen molar-refractivity contribution in [3.8, 4) is 0 Å². The summed E-state index contributed by atoms with van der Waals surface area (Å²) >= 11 is 0. The van der Waals surface area contributed by atoms with Crippen LogP contribution in [0.1, 0.15) is 12.8 Å². The molecule has 0 bridgehead atoms. The Bertz CT molecular complexity index is 324. The molecular formula is C6H14NaO7S2. The molecule has 0 saturated carbocycles. The van der Waals surface area contributed by atoms with Crippen molar-refractivity contribution in [2.45, 2.75) is 12.8 Å². The van der Waals surface area contributed by atoms with E-state index in [4.69, 9.17) is 13.8 Å². The van der Waals surface area contributed by atoms with Crippen LogP contribution in [0, 0.1) is 0 Å². The van der Waals surface area contributed by atoms with E-state index in [1.165, 1.54) is 0 Å². The average molecular weight is 285 g/mol. The van der Waals surface area contributed by atoms with Crippen molar-refractivity contribution in [2.75, 3.05) is 24.7 Å². The Kier molecular flexibility index (Phi) is 10.5. The molecule has 0 amide bonds. The molecule has 7 nitrogen and oxygen atoms in total. The summed E-state index contributed by atoms with van der Waals surface area (Å²) in [4.78, 5) is 0. The van der Waals surface area contributed by atoms with E-state index < -0.39 is 20.2 Å². The van der Waals surface area contributed by atoms with Crippen molar-refractivity contribution in [3.05, 3.63) is 0 Å². The summed E-state index contributed by atoms with van der Waals surface area (Å²) < 4.78 is 62.5. The number of hydrogen-bond acceptors (Lipinski definition) is 5. The third kappa shape index (κ3) is 17.2. The molecule has 0 spiro atoms. The van der Waals surface area contributed by atoms with Gasteiger partial charge in [0.25, 0.3) is 20.2 Å². The van der Waals surface area contributed by atoms with E-state index in [1.54, 1.807) is 0 Å². The van der Waals surface area contributed by atoms with Gasteiger partial charge in [0.1, 0.15) is 0 Å². The first-order chi connectivity index (χ1) is 6.71. The first-order valence-corrected chi connectivity index (χ1v) is 7.40. The minimum atomic E-state index is -3.96. The summed E-state index contributed by atoms with van der Waals surface area (Å²) in [6.07, 6.45) is 0.287. The van der Waals surface area contributed by atoms with Gasteiger partial charge in [0.2, 0.25) is 0 Å². The zero-order chi connectivity index (χ0) is 11.9. The normalized spacial score (nSPS) is 12.1. The number of rotatable bonds is 8. The second-order valence-corrected chi connectivity index (χ2v) is 6.04. The van der Waals surface area contributed by atoms with Gasteiger partial charge in [-0.2, -0.15) is 16.8 Å². The van der Waals surface area contributed by atoms with Crippen molar-refractivity contribution < 1.29 is 30.7 Å². The Labute approximate surface area is 117 Å². The smallest absolute Gasteiger partial charge is 0.264 e. The SMILES string of the molecule is O=S(=O)(O)CCCOCCCS(=O)(=O)O.[Na]. The molecular weight excluding hydrogens is 271 g/mol. The van der Waals surface area contributed by atoms with Gasteiger partial charge in [-0.25, -0.2) is 0 Å². The Hall–Kier alpha value is 0.780. The predicted molar refractivity (Wildman–Crippen MR) is 58.6 cm³/mol. The Morgan fingerprint density at radius 1 is 0.812 bits per heavy atom. The molecule has 0 fully saturated rings. The molecule has 10 heteroatoms. The van der Waals surface area contributed by atoms with Gasteiger partial charge in [0.05, 0.1) is 11.5 Å². The summed E-state index contributed by atoms with van der Waals surface area (Å²) in [7, 11) is -7.91. The summed E-state index contributed by atoms with van der Waals surface area (Å²) in [5.41, 5.74) is 0. The molecule has 0 unspecified atom stereocenters. The Balaban J connectivity index is 0. The Morgan fingerprint density at radius 3 is 1.38 bits per heavy atom. The van der Waals surface area contributed by atoms with Crippen LogP contribution in [0.2, 0.25) is 0 Å². The quantitative estimate of drug-likeness (QED) is 0.340. The molecule has 0 aliphatic rings. The fourth-order valence-corrected chi connectivity index (χ4v) is 1.75. The first-order valence-electron chi connectivity index (χ1n) is 4.19. The van der Waals surface area contributed by atoms with Crippen LogP contribution in [-0.2, 0) is 25.0 Å². The van der Waals surface area contributed by atoms with Gasteiger partial charge >= 0.3 is 0 Å². The summed E-state index contributed by atoms with van der Waals surface area (Å²) in [5, 5.41) is 0. The molecule has 0 saturated heterocycles. The molecule has 93 valence electrons. The number of hydrogen-bond donors (Lipinski definition) is 2. The molecule has 0 rings (SSSR count). The van der Waals surface area contributed by atoms with Crippen molar-refractivity contribution in [3.63, 3.8) is 0 Å². The topological polar surface area (TPSA) is 118 Å². The van der Waals surface area contributed by atoms with Crippen molar-refractivity contribution in [1.82, 2.24) is 0 Å². The van der Waals surface area contributed by atoms with Crippen LogP contribution >= 0.6 is 0 Å². The van der Waals surface area contributed by atoms with Gasteiger partial charge in [0.15, 0.2) is 0 Å². The molecule has 0 aromatic heterocycles. The summed E-state index contributed by atoms with van der Waals surface area (Å²) in [6.45, 7) is 0.233. The maximum Gasteiger partial charge on any atom is 0.264 e. The van der Waals surface area contributed by atoms with Crippen LogP contribution < -0.4 is 0 Å². The van der Waals surface area contributed by atoms with Gasteiger partial charge < -0.3 is 4.74 Å². The molecule has 0 aliphatic heterocycles. The van der Waals surface area contributed by atoms with Gasteiger partial charge in [-0.15, -0.1) is 0 Å². The third-order valence-electron chi connectivity index (χ3n) is 1.38. The van der Waals surface area contributed by atoms with E-state index in [0.29, 0.717) is 0 Å². The molecule has 2 N–H and O–H groups in total.